The zero-order valence-electron chi connectivity index (χ0n) is 15.7. The van der Waals surface area contributed by atoms with E-state index in [4.69, 9.17) is 4.74 Å². The summed E-state index contributed by atoms with van der Waals surface area (Å²) in [4.78, 5) is 11.2. The molecule has 0 aliphatic carbocycles. The topological polar surface area (TPSA) is 69.7 Å². The predicted molar refractivity (Wildman–Crippen MR) is 104 cm³/mol. The first-order valence-corrected chi connectivity index (χ1v) is 8.88. The highest BCUT2D eigenvalue weighted by atomic mass is 16.5. The number of anilines is 3. The van der Waals surface area contributed by atoms with Crippen LogP contribution in [0.15, 0.2) is 30.5 Å². The van der Waals surface area contributed by atoms with E-state index >= 15 is 0 Å². The van der Waals surface area contributed by atoms with Crippen LogP contribution >= 0.6 is 0 Å². The molecule has 0 radical (unpaired) electrons. The fourth-order valence-corrected chi connectivity index (χ4v) is 2.96. The molecule has 0 amide bonds. The van der Waals surface area contributed by atoms with Crippen molar-refractivity contribution in [1.29, 1.82) is 0 Å². The Morgan fingerprint density at radius 1 is 1.12 bits per heavy atom. The van der Waals surface area contributed by atoms with Crippen LogP contribution in [0.1, 0.15) is 0 Å². The number of nitrogens with zero attached hydrogens (tertiary/aromatic N) is 6. The Balaban J connectivity index is 1.59. The Hall–Kier alpha value is -2.61. The second kappa shape index (κ2) is 8.66. The molecule has 2 aromatic rings. The SMILES string of the molecule is COc1ccccc1N1CCN(c2nncc(NCCN(C)C)n2)CC1. The maximum Gasteiger partial charge on any atom is 0.247 e. The summed E-state index contributed by atoms with van der Waals surface area (Å²) in [7, 11) is 5.81. The third kappa shape index (κ3) is 4.51. The van der Waals surface area contributed by atoms with Crippen LogP contribution in [0.5, 0.6) is 5.75 Å². The van der Waals surface area contributed by atoms with Gasteiger partial charge in [-0.1, -0.05) is 12.1 Å². The molecule has 1 aliphatic rings. The first-order chi connectivity index (χ1) is 12.7. The number of methoxy groups -OCH3 is 1. The van der Waals surface area contributed by atoms with Crippen molar-refractivity contribution < 1.29 is 4.74 Å². The number of para-hydroxylation sites is 2. The second-order valence-electron chi connectivity index (χ2n) is 6.52. The molecule has 8 nitrogen and oxygen atoms in total. The van der Waals surface area contributed by atoms with Gasteiger partial charge in [0.15, 0.2) is 5.82 Å². The molecule has 140 valence electrons. The van der Waals surface area contributed by atoms with Crippen molar-refractivity contribution in [2.24, 2.45) is 0 Å². The van der Waals surface area contributed by atoms with E-state index in [0.717, 1.165) is 56.5 Å². The summed E-state index contributed by atoms with van der Waals surface area (Å²) in [6.45, 7) is 5.25. The van der Waals surface area contributed by atoms with E-state index in [9.17, 15) is 0 Å². The molecule has 2 heterocycles. The Bertz CT molecular complexity index is 701. The van der Waals surface area contributed by atoms with Gasteiger partial charge < -0.3 is 24.8 Å². The van der Waals surface area contributed by atoms with Gasteiger partial charge in [0.05, 0.1) is 19.0 Å². The number of hydrogen-bond acceptors (Lipinski definition) is 8. The molecule has 1 aromatic carbocycles. The van der Waals surface area contributed by atoms with E-state index in [1.165, 1.54) is 0 Å². The average Bonchev–Trinajstić information content (AvgIpc) is 2.68. The lowest BCUT2D eigenvalue weighted by atomic mass is 10.2. The zero-order valence-corrected chi connectivity index (χ0v) is 15.7. The summed E-state index contributed by atoms with van der Waals surface area (Å²) in [5, 5.41) is 11.6. The summed E-state index contributed by atoms with van der Waals surface area (Å²) >= 11 is 0. The molecule has 3 rings (SSSR count). The Labute approximate surface area is 154 Å². The third-order valence-corrected chi connectivity index (χ3v) is 4.40. The van der Waals surface area contributed by atoms with E-state index < -0.39 is 0 Å². The molecule has 1 fully saturated rings. The van der Waals surface area contributed by atoms with Crippen LogP contribution in [0.3, 0.4) is 0 Å². The average molecular weight is 357 g/mol. The Morgan fingerprint density at radius 3 is 2.58 bits per heavy atom. The van der Waals surface area contributed by atoms with Gasteiger partial charge in [0.25, 0.3) is 0 Å². The molecule has 0 atom stereocenters. The zero-order chi connectivity index (χ0) is 18.4. The highest BCUT2D eigenvalue weighted by Gasteiger charge is 2.21. The van der Waals surface area contributed by atoms with Gasteiger partial charge in [-0.3, -0.25) is 0 Å². The van der Waals surface area contributed by atoms with Crippen molar-refractivity contribution in [3.8, 4) is 5.75 Å². The summed E-state index contributed by atoms with van der Waals surface area (Å²) < 4.78 is 5.48. The minimum absolute atomic E-state index is 0.680. The number of aromatic nitrogens is 3. The van der Waals surface area contributed by atoms with Gasteiger partial charge in [-0.2, -0.15) is 10.1 Å². The number of rotatable bonds is 7. The van der Waals surface area contributed by atoms with Crippen molar-refractivity contribution in [3.05, 3.63) is 30.5 Å². The minimum Gasteiger partial charge on any atom is -0.495 e. The number of ether oxygens (including phenoxy) is 1. The molecular weight excluding hydrogens is 330 g/mol. The first kappa shape index (κ1) is 18.2. The lowest BCUT2D eigenvalue weighted by Gasteiger charge is -2.36. The largest absolute Gasteiger partial charge is 0.495 e. The van der Waals surface area contributed by atoms with Crippen molar-refractivity contribution >= 4 is 17.5 Å². The van der Waals surface area contributed by atoms with Crippen LogP contribution in [-0.4, -0.2) is 80.6 Å². The summed E-state index contributed by atoms with van der Waals surface area (Å²) in [5.74, 6) is 2.36. The Morgan fingerprint density at radius 2 is 1.85 bits per heavy atom. The van der Waals surface area contributed by atoms with Gasteiger partial charge in [-0.05, 0) is 26.2 Å². The number of likely N-dealkylation sites (N-methyl/N-ethyl adjacent to an activating group) is 1. The summed E-state index contributed by atoms with van der Waals surface area (Å²) in [6, 6.07) is 8.13. The molecule has 26 heavy (non-hydrogen) atoms. The molecule has 0 spiro atoms. The first-order valence-electron chi connectivity index (χ1n) is 8.88. The highest BCUT2D eigenvalue weighted by Crippen LogP contribution is 2.28. The summed E-state index contributed by atoms with van der Waals surface area (Å²) in [6.07, 6.45) is 1.67. The fourth-order valence-electron chi connectivity index (χ4n) is 2.96. The lowest BCUT2D eigenvalue weighted by Crippen LogP contribution is -2.47. The molecule has 8 heteroatoms. The van der Waals surface area contributed by atoms with Crippen LogP contribution < -0.4 is 19.9 Å². The van der Waals surface area contributed by atoms with E-state index in [1.54, 1.807) is 13.3 Å². The number of hydrogen-bond donors (Lipinski definition) is 1. The molecule has 1 N–H and O–H groups in total. The highest BCUT2D eigenvalue weighted by molar-refractivity contribution is 5.59. The van der Waals surface area contributed by atoms with Gasteiger partial charge in [-0.15, -0.1) is 5.10 Å². The fraction of sp³-hybridized carbons (Fsp3) is 0.500. The normalized spacial score (nSPS) is 14.6. The van der Waals surface area contributed by atoms with Crippen LogP contribution in [0.4, 0.5) is 17.5 Å². The van der Waals surface area contributed by atoms with Crippen molar-refractivity contribution in [1.82, 2.24) is 20.1 Å². The molecule has 1 aliphatic heterocycles. The molecular formula is C18H27N7O. The quantitative estimate of drug-likeness (QED) is 0.792. The van der Waals surface area contributed by atoms with Crippen LogP contribution in [0.25, 0.3) is 0 Å². The lowest BCUT2D eigenvalue weighted by molar-refractivity contribution is 0.413. The monoisotopic (exact) mass is 357 g/mol. The van der Waals surface area contributed by atoms with Gasteiger partial charge >= 0.3 is 0 Å². The minimum atomic E-state index is 0.680. The van der Waals surface area contributed by atoms with Crippen molar-refractivity contribution in [2.45, 2.75) is 0 Å². The van der Waals surface area contributed by atoms with Gasteiger partial charge in [0.2, 0.25) is 5.95 Å². The smallest absolute Gasteiger partial charge is 0.247 e. The van der Waals surface area contributed by atoms with E-state index in [-0.39, 0.29) is 0 Å². The summed E-state index contributed by atoms with van der Waals surface area (Å²) in [5.41, 5.74) is 1.13. The van der Waals surface area contributed by atoms with Crippen LogP contribution in [0.2, 0.25) is 0 Å². The molecule has 1 aromatic heterocycles. The van der Waals surface area contributed by atoms with Gasteiger partial charge in [0.1, 0.15) is 5.75 Å². The standard InChI is InChI=1S/C18H27N7O/c1-23(2)9-8-19-17-14-20-22-18(21-17)25-12-10-24(11-13-25)15-6-4-5-7-16(15)26-3/h4-7,14H,8-13H2,1-3H3,(H,19,21,22). The molecule has 1 saturated heterocycles. The molecule has 0 bridgehead atoms. The predicted octanol–water partition coefficient (Wildman–Crippen LogP) is 1.18. The van der Waals surface area contributed by atoms with Gasteiger partial charge in [0, 0.05) is 39.3 Å². The van der Waals surface area contributed by atoms with Crippen LogP contribution in [0, 0.1) is 0 Å². The maximum atomic E-state index is 5.48. The van der Waals surface area contributed by atoms with Crippen molar-refractivity contribution in [2.75, 3.05) is 75.6 Å². The maximum absolute atomic E-state index is 5.48. The van der Waals surface area contributed by atoms with Gasteiger partial charge in [-0.25, -0.2) is 0 Å². The van der Waals surface area contributed by atoms with Crippen molar-refractivity contribution in [3.63, 3.8) is 0 Å². The van der Waals surface area contributed by atoms with E-state index in [0.29, 0.717) is 5.95 Å². The number of benzene rings is 1. The number of nitrogens with one attached hydrogen (secondary N) is 1. The third-order valence-electron chi connectivity index (χ3n) is 4.40. The molecule has 0 unspecified atom stereocenters. The van der Waals surface area contributed by atoms with E-state index in [2.05, 4.69) is 41.3 Å². The molecule has 0 saturated carbocycles. The number of piperazine rings is 1. The van der Waals surface area contributed by atoms with Crippen LogP contribution in [-0.2, 0) is 0 Å². The second-order valence-corrected chi connectivity index (χ2v) is 6.52. The Kier molecular flexibility index (Phi) is 6.06. The van der Waals surface area contributed by atoms with E-state index in [1.807, 2.05) is 32.3 Å².